The van der Waals surface area contributed by atoms with E-state index in [4.69, 9.17) is 16.3 Å². The van der Waals surface area contributed by atoms with Gasteiger partial charge in [0.25, 0.3) is 0 Å². The van der Waals surface area contributed by atoms with Gasteiger partial charge < -0.3 is 19.6 Å². The number of carboxylic acids is 1. The molecule has 2 rings (SSSR count). The van der Waals surface area contributed by atoms with Gasteiger partial charge in [0.1, 0.15) is 22.6 Å². The number of piperazine rings is 1. The van der Waals surface area contributed by atoms with Crippen LogP contribution in [0.4, 0.5) is 5.82 Å². The van der Waals surface area contributed by atoms with Crippen molar-refractivity contribution in [3.05, 3.63) is 22.8 Å². The van der Waals surface area contributed by atoms with Crippen molar-refractivity contribution in [2.24, 2.45) is 5.41 Å². The molecule has 1 saturated heterocycles. The second kappa shape index (κ2) is 7.49. The summed E-state index contributed by atoms with van der Waals surface area (Å²) in [6.07, 6.45) is 0. The fourth-order valence-electron chi connectivity index (χ4n) is 2.82. The Balaban J connectivity index is 2.39. The molecule has 1 N–H and O–H groups in total. The molecule has 1 aromatic rings. The van der Waals surface area contributed by atoms with E-state index in [9.17, 15) is 19.5 Å². The van der Waals surface area contributed by atoms with Gasteiger partial charge >= 0.3 is 11.9 Å². The van der Waals surface area contributed by atoms with E-state index in [2.05, 4.69) is 4.98 Å². The van der Waals surface area contributed by atoms with Crippen molar-refractivity contribution in [3.8, 4) is 0 Å². The molecule has 1 aliphatic heterocycles. The van der Waals surface area contributed by atoms with Gasteiger partial charge in [0.2, 0.25) is 5.91 Å². The normalized spacial score (nSPS) is 17.8. The van der Waals surface area contributed by atoms with Crippen LogP contribution in [0.15, 0.2) is 12.1 Å². The molecule has 1 aliphatic rings. The van der Waals surface area contributed by atoms with Gasteiger partial charge in [0.05, 0.1) is 13.7 Å². The van der Waals surface area contributed by atoms with E-state index < -0.39 is 23.4 Å². The lowest BCUT2D eigenvalue weighted by atomic mass is 9.94. The Morgan fingerprint density at radius 2 is 1.92 bits per heavy atom. The Morgan fingerprint density at radius 1 is 1.27 bits per heavy atom. The van der Waals surface area contributed by atoms with Crippen LogP contribution in [0, 0.1) is 5.41 Å². The third-order valence-corrected chi connectivity index (χ3v) is 4.32. The molecule has 0 aromatic carbocycles. The molecule has 0 aliphatic carbocycles. The summed E-state index contributed by atoms with van der Waals surface area (Å²) in [6.45, 7) is 5.85. The average molecular weight is 384 g/mol. The lowest BCUT2D eigenvalue weighted by Crippen LogP contribution is -2.60. The van der Waals surface area contributed by atoms with Gasteiger partial charge in [-0.3, -0.25) is 4.79 Å². The number of rotatable bonds is 3. The second-order valence-corrected chi connectivity index (χ2v) is 7.43. The molecule has 2 heterocycles. The molecule has 1 aromatic heterocycles. The van der Waals surface area contributed by atoms with Gasteiger partial charge in [-0.2, -0.15) is 0 Å². The summed E-state index contributed by atoms with van der Waals surface area (Å²) in [4.78, 5) is 43.5. The standard InChI is InChI=1S/C17H22ClN3O5/c1-17(2,3)16(25)20-7-8-21(11(9-20)14(22)23)13-10(15(24)26-4)5-6-12(18)19-13/h5-6,11H,7-9H2,1-4H3,(H,22,23). The first-order valence-corrected chi connectivity index (χ1v) is 8.47. The van der Waals surface area contributed by atoms with Gasteiger partial charge in [0, 0.05) is 18.5 Å². The van der Waals surface area contributed by atoms with Gasteiger partial charge in [-0.1, -0.05) is 32.4 Å². The summed E-state index contributed by atoms with van der Waals surface area (Å²) in [5.41, 5.74) is -0.491. The number of amides is 1. The number of carboxylic acid groups (broad SMARTS) is 1. The number of pyridine rings is 1. The SMILES string of the molecule is COC(=O)c1ccc(Cl)nc1N1CCN(C(=O)C(C)(C)C)CC1C(=O)O. The monoisotopic (exact) mass is 383 g/mol. The first-order chi connectivity index (χ1) is 12.1. The molecule has 9 heteroatoms. The van der Waals surface area contributed by atoms with Crippen molar-refractivity contribution in [1.29, 1.82) is 0 Å². The van der Waals surface area contributed by atoms with Crippen LogP contribution in [0.1, 0.15) is 31.1 Å². The van der Waals surface area contributed by atoms with E-state index in [0.717, 1.165) is 0 Å². The molecule has 26 heavy (non-hydrogen) atoms. The largest absolute Gasteiger partial charge is 0.480 e. The molecule has 0 saturated carbocycles. The number of ether oxygens (including phenoxy) is 1. The number of halogens is 1. The molecule has 8 nitrogen and oxygen atoms in total. The summed E-state index contributed by atoms with van der Waals surface area (Å²) in [5.74, 6) is -1.74. The zero-order valence-electron chi connectivity index (χ0n) is 15.2. The number of carbonyl (C=O) groups excluding carboxylic acids is 2. The van der Waals surface area contributed by atoms with Crippen LogP contribution >= 0.6 is 11.6 Å². The minimum Gasteiger partial charge on any atom is -0.480 e. The summed E-state index contributed by atoms with van der Waals surface area (Å²) >= 11 is 5.95. The summed E-state index contributed by atoms with van der Waals surface area (Å²) in [7, 11) is 1.23. The van der Waals surface area contributed by atoms with Crippen LogP contribution in [0.2, 0.25) is 5.15 Å². The molecular weight excluding hydrogens is 362 g/mol. The Hall–Kier alpha value is -2.35. The smallest absolute Gasteiger partial charge is 0.341 e. The van der Waals surface area contributed by atoms with E-state index in [1.807, 2.05) is 0 Å². The fourth-order valence-corrected chi connectivity index (χ4v) is 2.96. The minimum atomic E-state index is -1.12. The van der Waals surface area contributed by atoms with Crippen LogP contribution in [0.3, 0.4) is 0 Å². The van der Waals surface area contributed by atoms with E-state index in [0.29, 0.717) is 6.54 Å². The van der Waals surface area contributed by atoms with Gasteiger partial charge in [0.15, 0.2) is 0 Å². The molecule has 1 fully saturated rings. The molecule has 0 radical (unpaired) electrons. The summed E-state index contributed by atoms with van der Waals surface area (Å²) < 4.78 is 4.75. The molecule has 1 unspecified atom stereocenters. The number of hydrogen-bond acceptors (Lipinski definition) is 6. The van der Waals surface area contributed by atoms with Crippen molar-refractivity contribution in [2.45, 2.75) is 26.8 Å². The Morgan fingerprint density at radius 3 is 2.46 bits per heavy atom. The van der Waals surface area contributed by atoms with Crippen LogP contribution in [0.5, 0.6) is 0 Å². The highest BCUT2D eigenvalue weighted by Crippen LogP contribution is 2.27. The highest BCUT2D eigenvalue weighted by atomic mass is 35.5. The lowest BCUT2D eigenvalue weighted by molar-refractivity contribution is -0.144. The predicted octanol–water partition coefficient (Wildman–Crippen LogP) is 1.67. The Bertz CT molecular complexity index is 732. The zero-order valence-corrected chi connectivity index (χ0v) is 15.9. The molecule has 142 valence electrons. The predicted molar refractivity (Wildman–Crippen MR) is 95.4 cm³/mol. The number of aromatic nitrogens is 1. The van der Waals surface area contributed by atoms with Crippen LogP contribution in [-0.2, 0) is 14.3 Å². The lowest BCUT2D eigenvalue weighted by Gasteiger charge is -2.42. The maximum absolute atomic E-state index is 12.5. The Labute approximate surface area is 156 Å². The number of esters is 1. The maximum atomic E-state index is 12.5. The first-order valence-electron chi connectivity index (χ1n) is 8.10. The number of methoxy groups -OCH3 is 1. The van der Waals surface area contributed by atoms with E-state index in [-0.39, 0.29) is 35.5 Å². The molecule has 1 amide bonds. The minimum absolute atomic E-state index is 0.0136. The number of aliphatic carboxylic acids is 1. The van der Waals surface area contributed by atoms with Crippen molar-refractivity contribution in [1.82, 2.24) is 9.88 Å². The summed E-state index contributed by atoms with van der Waals surface area (Å²) in [6, 6.07) is 1.83. The number of carbonyl (C=O) groups is 3. The zero-order chi connectivity index (χ0) is 19.6. The highest BCUT2D eigenvalue weighted by Gasteiger charge is 2.39. The van der Waals surface area contributed by atoms with E-state index >= 15 is 0 Å². The quantitative estimate of drug-likeness (QED) is 0.625. The summed E-state index contributed by atoms with van der Waals surface area (Å²) in [5, 5.41) is 9.80. The van der Waals surface area contributed by atoms with Crippen molar-refractivity contribution >= 4 is 35.3 Å². The number of anilines is 1. The van der Waals surface area contributed by atoms with Crippen LogP contribution in [-0.4, -0.2) is 65.6 Å². The topological polar surface area (TPSA) is 100 Å². The van der Waals surface area contributed by atoms with Crippen molar-refractivity contribution in [3.63, 3.8) is 0 Å². The van der Waals surface area contributed by atoms with E-state index in [1.54, 1.807) is 20.8 Å². The van der Waals surface area contributed by atoms with Gasteiger partial charge in [-0.25, -0.2) is 14.6 Å². The second-order valence-electron chi connectivity index (χ2n) is 7.05. The molecule has 0 bridgehead atoms. The fraction of sp³-hybridized carbons (Fsp3) is 0.529. The van der Waals surface area contributed by atoms with Crippen LogP contribution < -0.4 is 4.90 Å². The molecule has 0 spiro atoms. The van der Waals surface area contributed by atoms with Gasteiger partial charge in [-0.05, 0) is 12.1 Å². The van der Waals surface area contributed by atoms with Gasteiger partial charge in [-0.15, -0.1) is 0 Å². The molecule has 1 atom stereocenters. The maximum Gasteiger partial charge on any atom is 0.341 e. The number of hydrogen-bond donors (Lipinski definition) is 1. The average Bonchev–Trinajstić information content (AvgIpc) is 2.58. The van der Waals surface area contributed by atoms with Crippen molar-refractivity contribution in [2.75, 3.05) is 31.6 Å². The molecular formula is C17H22ClN3O5. The third-order valence-electron chi connectivity index (χ3n) is 4.11. The highest BCUT2D eigenvalue weighted by molar-refractivity contribution is 6.29. The first kappa shape index (κ1) is 20.0. The third kappa shape index (κ3) is 4.07. The van der Waals surface area contributed by atoms with Crippen LogP contribution in [0.25, 0.3) is 0 Å². The van der Waals surface area contributed by atoms with E-state index in [1.165, 1.54) is 29.0 Å². The Kier molecular flexibility index (Phi) is 5.75. The van der Waals surface area contributed by atoms with Crippen molar-refractivity contribution < 1.29 is 24.2 Å². The number of nitrogens with zero attached hydrogens (tertiary/aromatic N) is 3.